The molecule has 102 valence electrons. The molecular formula is C14H21N5. The zero-order chi connectivity index (χ0) is 13.8. The van der Waals surface area contributed by atoms with Crippen molar-refractivity contribution in [2.75, 3.05) is 17.7 Å². The van der Waals surface area contributed by atoms with Crippen molar-refractivity contribution in [1.82, 2.24) is 14.8 Å². The summed E-state index contributed by atoms with van der Waals surface area (Å²) in [5.74, 6) is 0.972. The lowest BCUT2D eigenvalue weighted by molar-refractivity contribution is 0.712. The average Bonchev–Trinajstić information content (AvgIpc) is 2.66. The molecule has 2 heterocycles. The predicted octanol–water partition coefficient (Wildman–Crippen LogP) is 1.99. The van der Waals surface area contributed by atoms with Crippen LogP contribution in [0.4, 0.5) is 11.5 Å². The molecule has 5 heteroatoms. The lowest BCUT2D eigenvalue weighted by Gasteiger charge is -2.20. The molecule has 5 nitrogen and oxygen atoms in total. The quantitative estimate of drug-likeness (QED) is 0.892. The van der Waals surface area contributed by atoms with E-state index in [1.165, 1.54) is 5.56 Å². The molecule has 0 saturated carbocycles. The SMILES string of the molecule is CCCc1nn(C)c(N(C)Cc2ccncc2)c1N. The van der Waals surface area contributed by atoms with Crippen molar-refractivity contribution in [3.63, 3.8) is 0 Å². The predicted molar refractivity (Wildman–Crippen MR) is 78.0 cm³/mol. The summed E-state index contributed by atoms with van der Waals surface area (Å²) in [4.78, 5) is 6.15. The largest absolute Gasteiger partial charge is 0.394 e. The second kappa shape index (κ2) is 5.73. The van der Waals surface area contributed by atoms with Crippen LogP contribution in [0.5, 0.6) is 0 Å². The minimum absolute atomic E-state index is 0.790. The second-order valence-corrected chi connectivity index (χ2v) is 4.77. The van der Waals surface area contributed by atoms with Gasteiger partial charge in [0, 0.05) is 33.0 Å². The van der Waals surface area contributed by atoms with E-state index in [0.717, 1.165) is 36.6 Å². The van der Waals surface area contributed by atoms with Gasteiger partial charge in [-0.05, 0) is 24.1 Å². The Bertz CT molecular complexity index is 532. The number of hydrogen-bond acceptors (Lipinski definition) is 4. The molecule has 0 aromatic carbocycles. The number of anilines is 2. The van der Waals surface area contributed by atoms with Gasteiger partial charge in [0.1, 0.15) is 5.82 Å². The Kier molecular flexibility index (Phi) is 4.04. The van der Waals surface area contributed by atoms with E-state index >= 15 is 0 Å². The molecule has 0 amide bonds. The van der Waals surface area contributed by atoms with Gasteiger partial charge in [0.2, 0.25) is 0 Å². The van der Waals surface area contributed by atoms with E-state index in [-0.39, 0.29) is 0 Å². The molecule has 2 rings (SSSR count). The van der Waals surface area contributed by atoms with Gasteiger partial charge in [0.05, 0.1) is 11.4 Å². The molecule has 0 atom stereocenters. The lowest BCUT2D eigenvalue weighted by Crippen LogP contribution is -2.20. The maximum Gasteiger partial charge on any atom is 0.150 e. The Balaban J connectivity index is 2.21. The molecule has 19 heavy (non-hydrogen) atoms. The van der Waals surface area contributed by atoms with Crippen LogP contribution in [0.25, 0.3) is 0 Å². The molecule has 2 aromatic heterocycles. The highest BCUT2D eigenvalue weighted by Crippen LogP contribution is 2.27. The lowest BCUT2D eigenvalue weighted by atomic mass is 10.2. The fourth-order valence-electron chi connectivity index (χ4n) is 2.30. The monoisotopic (exact) mass is 259 g/mol. The van der Waals surface area contributed by atoms with Crippen molar-refractivity contribution in [3.8, 4) is 0 Å². The summed E-state index contributed by atoms with van der Waals surface area (Å²) < 4.78 is 1.86. The van der Waals surface area contributed by atoms with Crippen molar-refractivity contribution >= 4 is 11.5 Å². The highest BCUT2D eigenvalue weighted by Gasteiger charge is 2.16. The number of aromatic nitrogens is 3. The fraction of sp³-hybridized carbons (Fsp3) is 0.429. The summed E-state index contributed by atoms with van der Waals surface area (Å²) in [5, 5.41) is 4.50. The number of aryl methyl sites for hydroxylation is 2. The van der Waals surface area contributed by atoms with E-state index in [0.29, 0.717) is 0 Å². The number of nitrogens with zero attached hydrogens (tertiary/aromatic N) is 4. The Labute approximate surface area is 114 Å². The van der Waals surface area contributed by atoms with Gasteiger partial charge in [0.15, 0.2) is 0 Å². The molecular weight excluding hydrogens is 238 g/mol. The molecule has 0 bridgehead atoms. The first-order valence-corrected chi connectivity index (χ1v) is 6.54. The van der Waals surface area contributed by atoms with Crippen LogP contribution < -0.4 is 10.6 Å². The normalized spacial score (nSPS) is 10.7. The van der Waals surface area contributed by atoms with Crippen molar-refractivity contribution < 1.29 is 0 Å². The minimum Gasteiger partial charge on any atom is -0.394 e. The van der Waals surface area contributed by atoms with E-state index in [2.05, 4.69) is 21.9 Å². The van der Waals surface area contributed by atoms with E-state index in [4.69, 9.17) is 5.73 Å². The zero-order valence-electron chi connectivity index (χ0n) is 11.8. The Morgan fingerprint density at radius 3 is 2.63 bits per heavy atom. The molecule has 0 aliphatic rings. The first-order chi connectivity index (χ1) is 9.13. The first-order valence-electron chi connectivity index (χ1n) is 6.54. The number of hydrogen-bond donors (Lipinski definition) is 1. The zero-order valence-corrected chi connectivity index (χ0v) is 11.8. The molecule has 0 unspecified atom stereocenters. The summed E-state index contributed by atoms with van der Waals surface area (Å²) in [6.45, 7) is 2.92. The number of rotatable bonds is 5. The standard InChI is InChI=1S/C14H21N5/c1-4-5-12-13(15)14(19(3)17-12)18(2)10-11-6-8-16-9-7-11/h6-9H,4-5,10,15H2,1-3H3. The number of pyridine rings is 1. The summed E-state index contributed by atoms with van der Waals surface area (Å²) in [5.41, 5.74) is 9.19. The van der Waals surface area contributed by atoms with Gasteiger partial charge >= 0.3 is 0 Å². The van der Waals surface area contributed by atoms with E-state index in [1.807, 2.05) is 30.9 Å². The van der Waals surface area contributed by atoms with E-state index in [9.17, 15) is 0 Å². The molecule has 0 fully saturated rings. The van der Waals surface area contributed by atoms with Crippen LogP contribution in [0.2, 0.25) is 0 Å². The van der Waals surface area contributed by atoms with Crippen molar-refractivity contribution in [3.05, 3.63) is 35.8 Å². The van der Waals surface area contributed by atoms with E-state index in [1.54, 1.807) is 12.4 Å². The summed E-state index contributed by atoms with van der Waals surface area (Å²) in [7, 11) is 3.97. The van der Waals surface area contributed by atoms with Gasteiger partial charge < -0.3 is 10.6 Å². The van der Waals surface area contributed by atoms with Crippen LogP contribution in [0.15, 0.2) is 24.5 Å². The van der Waals surface area contributed by atoms with Crippen LogP contribution in [0.3, 0.4) is 0 Å². The smallest absolute Gasteiger partial charge is 0.150 e. The molecule has 2 N–H and O–H groups in total. The molecule has 0 radical (unpaired) electrons. The van der Waals surface area contributed by atoms with Gasteiger partial charge in [-0.2, -0.15) is 5.10 Å². The van der Waals surface area contributed by atoms with Crippen LogP contribution in [0, 0.1) is 0 Å². The molecule has 0 saturated heterocycles. The van der Waals surface area contributed by atoms with Crippen molar-refractivity contribution in [2.24, 2.45) is 7.05 Å². The van der Waals surface area contributed by atoms with Crippen LogP contribution in [-0.4, -0.2) is 21.8 Å². The third-order valence-corrected chi connectivity index (χ3v) is 3.15. The summed E-state index contributed by atoms with van der Waals surface area (Å²) >= 11 is 0. The highest BCUT2D eigenvalue weighted by molar-refractivity contribution is 5.66. The average molecular weight is 259 g/mol. The Morgan fingerprint density at radius 2 is 2.00 bits per heavy atom. The topological polar surface area (TPSA) is 60.0 Å². The molecule has 0 aliphatic heterocycles. The third kappa shape index (κ3) is 2.86. The van der Waals surface area contributed by atoms with Gasteiger partial charge in [-0.15, -0.1) is 0 Å². The number of nitrogen functional groups attached to an aromatic ring is 1. The maximum absolute atomic E-state index is 6.21. The van der Waals surface area contributed by atoms with Crippen LogP contribution in [0.1, 0.15) is 24.6 Å². The van der Waals surface area contributed by atoms with Gasteiger partial charge in [-0.3, -0.25) is 9.67 Å². The van der Waals surface area contributed by atoms with E-state index < -0.39 is 0 Å². The molecule has 0 aliphatic carbocycles. The Morgan fingerprint density at radius 1 is 1.32 bits per heavy atom. The van der Waals surface area contributed by atoms with Crippen LogP contribution in [-0.2, 0) is 20.0 Å². The highest BCUT2D eigenvalue weighted by atomic mass is 15.4. The van der Waals surface area contributed by atoms with Crippen molar-refractivity contribution in [2.45, 2.75) is 26.3 Å². The summed E-state index contributed by atoms with van der Waals surface area (Å²) in [6, 6.07) is 4.02. The van der Waals surface area contributed by atoms with Crippen molar-refractivity contribution in [1.29, 1.82) is 0 Å². The molecule has 0 spiro atoms. The molecule has 2 aromatic rings. The number of nitrogens with two attached hydrogens (primary N) is 1. The maximum atomic E-state index is 6.21. The van der Waals surface area contributed by atoms with Gasteiger partial charge in [-0.1, -0.05) is 13.3 Å². The first kappa shape index (κ1) is 13.4. The third-order valence-electron chi connectivity index (χ3n) is 3.15. The Hall–Kier alpha value is -2.04. The van der Waals surface area contributed by atoms with Crippen LogP contribution >= 0.6 is 0 Å². The fourth-order valence-corrected chi connectivity index (χ4v) is 2.30. The second-order valence-electron chi connectivity index (χ2n) is 4.77. The van der Waals surface area contributed by atoms with Gasteiger partial charge in [0.25, 0.3) is 0 Å². The minimum atomic E-state index is 0.790. The van der Waals surface area contributed by atoms with Gasteiger partial charge in [-0.25, -0.2) is 0 Å². The summed E-state index contributed by atoms with van der Waals surface area (Å²) in [6.07, 6.45) is 5.58.